The minimum Gasteiger partial charge on any atom is -0.293 e. The van der Waals surface area contributed by atoms with Crippen molar-refractivity contribution in [2.45, 2.75) is 33.1 Å². The van der Waals surface area contributed by atoms with Crippen molar-refractivity contribution in [1.29, 1.82) is 0 Å². The molecule has 2 atom stereocenters. The third kappa shape index (κ3) is 3.21. The monoisotopic (exact) mass is 350 g/mol. The highest BCUT2D eigenvalue weighted by atomic mass is 79.9. The number of benzene rings is 1. The summed E-state index contributed by atoms with van der Waals surface area (Å²) in [7, 11) is 0. The maximum atomic E-state index is 12.9. The van der Waals surface area contributed by atoms with Gasteiger partial charge in [0.2, 0.25) is 0 Å². The van der Waals surface area contributed by atoms with E-state index in [1.54, 1.807) is 11.3 Å². The summed E-state index contributed by atoms with van der Waals surface area (Å²) in [6.07, 6.45) is 0.997. The van der Waals surface area contributed by atoms with Crippen molar-refractivity contribution < 1.29 is 4.79 Å². The summed E-state index contributed by atoms with van der Waals surface area (Å²) in [6, 6.07) is 12.1. The van der Waals surface area contributed by atoms with Crippen molar-refractivity contribution in [3.63, 3.8) is 0 Å². The summed E-state index contributed by atoms with van der Waals surface area (Å²) >= 11 is 5.05. The predicted molar refractivity (Wildman–Crippen MR) is 89.7 cm³/mol. The molecule has 0 fully saturated rings. The molecule has 0 saturated carbocycles. The third-order valence-electron chi connectivity index (χ3n) is 3.75. The van der Waals surface area contributed by atoms with Gasteiger partial charge in [-0.15, -0.1) is 11.3 Å². The van der Waals surface area contributed by atoms with Gasteiger partial charge < -0.3 is 0 Å². The van der Waals surface area contributed by atoms with Crippen LogP contribution >= 0.6 is 27.3 Å². The highest BCUT2D eigenvalue weighted by Gasteiger charge is 2.28. The Morgan fingerprint density at radius 1 is 1.30 bits per heavy atom. The highest BCUT2D eigenvalue weighted by molar-refractivity contribution is 9.11. The van der Waals surface area contributed by atoms with E-state index in [0.29, 0.717) is 5.92 Å². The van der Waals surface area contributed by atoms with Crippen LogP contribution in [-0.2, 0) is 0 Å². The van der Waals surface area contributed by atoms with Gasteiger partial charge in [-0.05, 0) is 46.0 Å². The molecule has 2 rings (SSSR count). The molecule has 0 aliphatic carbocycles. The summed E-state index contributed by atoms with van der Waals surface area (Å²) in [5.41, 5.74) is 2.25. The Morgan fingerprint density at radius 3 is 2.45 bits per heavy atom. The fraction of sp³-hybridized carbons (Fsp3) is 0.353. The second kappa shape index (κ2) is 6.68. The molecule has 0 aliphatic rings. The second-order valence-corrected chi connectivity index (χ2v) is 7.58. The molecule has 1 aromatic carbocycles. The van der Waals surface area contributed by atoms with E-state index in [1.165, 1.54) is 0 Å². The van der Waals surface area contributed by atoms with Crippen LogP contribution < -0.4 is 0 Å². The zero-order chi connectivity index (χ0) is 14.7. The first-order valence-electron chi connectivity index (χ1n) is 6.89. The lowest BCUT2D eigenvalue weighted by molar-refractivity contribution is 0.0936. The standard InChI is InChI=1S/C17H19BrOS/c1-4-11(2)15(13-8-6-5-7-9-13)16(19)14-10-12(3)17(18)20-14/h5-11,15H,4H2,1-3H3. The maximum Gasteiger partial charge on any atom is 0.180 e. The molecule has 106 valence electrons. The summed E-state index contributed by atoms with van der Waals surface area (Å²) in [4.78, 5) is 13.8. The van der Waals surface area contributed by atoms with Gasteiger partial charge in [-0.1, -0.05) is 50.6 Å². The van der Waals surface area contributed by atoms with Crippen molar-refractivity contribution in [3.05, 3.63) is 56.2 Å². The topological polar surface area (TPSA) is 17.1 Å². The van der Waals surface area contributed by atoms with E-state index in [-0.39, 0.29) is 11.7 Å². The van der Waals surface area contributed by atoms with Crippen LogP contribution in [-0.4, -0.2) is 5.78 Å². The third-order valence-corrected chi connectivity index (χ3v) is 5.91. The summed E-state index contributed by atoms with van der Waals surface area (Å²) in [5.74, 6) is 0.529. The van der Waals surface area contributed by atoms with Crippen LogP contribution in [0.4, 0.5) is 0 Å². The number of thiophene rings is 1. The van der Waals surface area contributed by atoms with E-state index in [1.807, 2.05) is 31.2 Å². The Hall–Kier alpha value is -0.930. The molecule has 2 unspecified atom stereocenters. The number of aryl methyl sites for hydroxylation is 1. The number of halogens is 1. The average molecular weight is 351 g/mol. The SMILES string of the molecule is CCC(C)C(C(=O)c1cc(C)c(Br)s1)c1ccccc1. The van der Waals surface area contributed by atoms with Crippen LogP contribution in [0.2, 0.25) is 0 Å². The van der Waals surface area contributed by atoms with Crippen LogP contribution in [0.5, 0.6) is 0 Å². The van der Waals surface area contributed by atoms with Crippen molar-refractivity contribution in [2.75, 3.05) is 0 Å². The number of carbonyl (C=O) groups excluding carboxylic acids is 1. The molecule has 3 heteroatoms. The molecule has 0 aliphatic heterocycles. The Bertz CT molecular complexity index is 569. The van der Waals surface area contributed by atoms with E-state index in [2.05, 4.69) is 41.9 Å². The zero-order valence-corrected chi connectivity index (χ0v) is 14.4. The smallest absolute Gasteiger partial charge is 0.180 e. The first kappa shape index (κ1) is 15.5. The predicted octanol–water partition coefficient (Wildman–Crippen LogP) is 5.83. The highest BCUT2D eigenvalue weighted by Crippen LogP contribution is 2.35. The second-order valence-electron chi connectivity index (χ2n) is 5.21. The number of Topliss-reactive ketones (excluding diaryl/α,β-unsaturated/α-hetero) is 1. The van der Waals surface area contributed by atoms with Crippen molar-refractivity contribution in [2.24, 2.45) is 5.92 Å². The molecular formula is C17H19BrOS. The fourth-order valence-corrected chi connectivity index (χ4v) is 3.88. The van der Waals surface area contributed by atoms with Gasteiger partial charge in [-0.25, -0.2) is 0 Å². The normalized spacial score (nSPS) is 14.0. The largest absolute Gasteiger partial charge is 0.293 e. The Morgan fingerprint density at radius 2 is 1.95 bits per heavy atom. The molecule has 0 bridgehead atoms. The average Bonchev–Trinajstić information content (AvgIpc) is 2.80. The van der Waals surface area contributed by atoms with E-state index in [0.717, 1.165) is 26.2 Å². The lowest BCUT2D eigenvalue weighted by Crippen LogP contribution is -2.19. The lowest BCUT2D eigenvalue weighted by Gasteiger charge is -2.21. The van der Waals surface area contributed by atoms with E-state index >= 15 is 0 Å². The molecule has 0 radical (unpaired) electrons. The van der Waals surface area contributed by atoms with E-state index in [9.17, 15) is 4.79 Å². The van der Waals surface area contributed by atoms with Gasteiger partial charge in [-0.2, -0.15) is 0 Å². The number of rotatable bonds is 5. The molecular weight excluding hydrogens is 332 g/mol. The van der Waals surface area contributed by atoms with Gasteiger partial charge in [0.1, 0.15) is 0 Å². The summed E-state index contributed by atoms with van der Waals surface area (Å²) in [5, 5.41) is 0. The van der Waals surface area contributed by atoms with Gasteiger partial charge in [-0.3, -0.25) is 4.79 Å². The summed E-state index contributed by atoms with van der Waals surface area (Å²) in [6.45, 7) is 6.33. The molecule has 1 aromatic heterocycles. The van der Waals surface area contributed by atoms with Gasteiger partial charge in [0.05, 0.1) is 14.6 Å². The van der Waals surface area contributed by atoms with Crippen LogP contribution in [0.3, 0.4) is 0 Å². The van der Waals surface area contributed by atoms with E-state index < -0.39 is 0 Å². The van der Waals surface area contributed by atoms with Crippen LogP contribution in [0.25, 0.3) is 0 Å². The molecule has 0 amide bonds. The summed E-state index contributed by atoms with van der Waals surface area (Å²) < 4.78 is 1.05. The maximum absolute atomic E-state index is 12.9. The van der Waals surface area contributed by atoms with Gasteiger partial charge in [0.25, 0.3) is 0 Å². The molecule has 0 spiro atoms. The minimum atomic E-state index is -0.0499. The molecule has 1 nitrogen and oxygen atoms in total. The van der Waals surface area contributed by atoms with Gasteiger partial charge in [0, 0.05) is 0 Å². The van der Waals surface area contributed by atoms with Crippen molar-refractivity contribution in [3.8, 4) is 0 Å². The van der Waals surface area contributed by atoms with E-state index in [4.69, 9.17) is 0 Å². The van der Waals surface area contributed by atoms with Gasteiger partial charge >= 0.3 is 0 Å². The molecule has 2 aromatic rings. The number of hydrogen-bond acceptors (Lipinski definition) is 2. The zero-order valence-electron chi connectivity index (χ0n) is 12.0. The quantitative estimate of drug-likeness (QED) is 0.619. The lowest BCUT2D eigenvalue weighted by atomic mass is 9.82. The number of hydrogen-bond donors (Lipinski definition) is 0. The van der Waals surface area contributed by atoms with Crippen molar-refractivity contribution >= 4 is 33.0 Å². The van der Waals surface area contributed by atoms with Crippen LogP contribution in [0.15, 0.2) is 40.2 Å². The van der Waals surface area contributed by atoms with Crippen LogP contribution in [0, 0.1) is 12.8 Å². The number of carbonyl (C=O) groups is 1. The van der Waals surface area contributed by atoms with Crippen LogP contribution in [0.1, 0.15) is 47.0 Å². The Kier molecular flexibility index (Phi) is 5.17. The van der Waals surface area contributed by atoms with Crippen molar-refractivity contribution in [1.82, 2.24) is 0 Å². The molecule has 0 N–H and O–H groups in total. The fourth-order valence-electron chi connectivity index (χ4n) is 2.37. The van der Waals surface area contributed by atoms with Gasteiger partial charge in [0.15, 0.2) is 5.78 Å². The first-order chi connectivity index (χ1) is 9.54. The Balaban J connectivity index is 2.39. The molecule has 1 heterocycles. The minimum absolute atomic E-state index is 0.0499. The first-order valence-corrected chi connectivity index (χ1v) is 8.50. The molecule has 20 heavy (non-hydrogen) atoms. The Labute approximate surface area is 133 Å². The number of ketones is 1. The molecule has 0 saturated heterocycles.